The molecule has 2 heterocycles. The molecule has 0 saturated heterocycles. The predicted molar refractivity (Wildman–Crippen MR) is 130 cm³/mol. The quantitative estimate of drug-likeness (QED) is 0.429. The van der Waals surface area contributed by atoms with Crippen molar-refractivity contribution in [3.05, 3.63) is 81.7 Å². The Morgan fingerprint density at radius 1 is 0.968 bits per heavy atom. The van der Waals surface area contributed by atoms with E-state index in [0.717, 1.165) is 44.2 Å². The van der Waals surface area contributed by atoms with Gasteiger partial charge in [0.15, 0.2) is 0 Å². The van der Waals surface area contributed by atoms with E-state index in [1.54, 1.807) is 13.2 Å². The van der Waals surface area contributed by atoms with E-state index < -0.39 is 0 Å². The molecule has 1 amide bonds. The molecule has 153 valence electrons. The summed E-state index contributed by atoms with van der Waals surface area (Å²) in [4.78, 5) is 18.6. The van der Waals surface area contributed by atoms with Crippen molar-refractivity contribution >= 4 is 52.6 Å². The van der Waals surface area contributed by atoms with E-state index in [0.29, 0.717) is 10.5 Å². The summed E-state index contributed by atoms with van der Waals surface area (Å²) in [5.74, 6) is 0.611. The maximum absolute atomic E-state index is 12.7. The summed E-state index contributed by atoms with van der Waals surface area (Å²) in [5, 5.41) is 7.14. The number of rotatable bonds is 6. The average molecular weight is 426 g/mol. The number of amides is 1. The second kappa shape index (κ2) is 8.74. The van der Waals surface area contributed by atoms with Crippen LogP contribution in [-0.2, 0) is 0 Å². The molecule has 2 N–H and O–H groups in total. The van der Waals surface area contributed by atoms with Crippen LogP contribution in [0.15, 0.2) is 60.7 Å². The molecule has 0 saturated carbocycles. The number of hydrogen-bond acceptors (Lipinski definition) is 5. The fraction of sp³-hybridized carbons (Fsp3) is 0.125. The van der Waals surface area contributed by atoms with Crippen LogP contribution in [0.2, 0.25) is 0 Å². The third kappa shape index (κ3) is 4.67. The Morgan fingerprint density at radius 3 is 2.55 bits per heavy atom. The van der Waals surface area contributed by atoms with Crippen molar-refractivity contribution < 1.29 is 9.53 Å². The van der Waals surface area contributed by atoms with E-state index in [1.807, 2.05) is 68.4 Å². The first-order valence-corrected chi connectivity index (χ1v) is 10.6. The van der Waals surface area contributed by atoms with E-state index in [2.05, 4.69) is 15.6 Å². The summed E-state index contributed by atoms with van der Waals surface area (Å²) in [6, 6.07) is 19.0. The molecule has 0 atom stereocenters. The molecule has 4 aromatic rings. The van der Waals surface area contributed by atoms with E-state index >= 15 is 0 Å². The van der Waals surface area contributed by atoms with Gasteiger partial charge in [-0.05, 0) is 6.92 Å². The summed E-state index contributed by atoms with van der Waals surface area (Å²) in [5.41, 5.74) is 4.98. The summed E-state index contributed by atoms with van der Waals surface area (Å²) < 4.78 is 5.24. The molecule has 0 aliphatic heterocycles. The van der Waals surface area contributed by atoms with Crippen LogP contribution < -0.4 is 15.4 Å². The van der Waals surface area contributed by atoms with Gasteiger partial charge in [0, 0.05) is 0 Å². The summed E-state index contributed by atoms with van der Waals surface area (Å²) >= 11 is 1.33. The number of methoxy groups -OCH3 is 1. The number of carbonyl (C=O) groups excluding carboxylic acids is 1. The molecular weight excluding hydrogens is 405 g/mol. The molecule has 2 aromatic heterocycles. The molecule has 4 rings (SSSR count). The number of ether oxygens (including phenoxy) is 1. The molecule has 0 bridgehead atoms. The van der Waals surface area contributed by atoms with E-state index in [4.69, 9.17) is 12.2 Å². The summed E-state index contributed by atoms with van der Waals surface area (Å²) in [7, 11) is 7.89. The fourth-order valence-corrected chi connectivity index (χ4v) is 4.03. The molecule has 0 fully saturated rings. The van der Waals surface area contributed by atoms with Crippen LogP contribution in [0.25, 0.3) is 10.9 Å². The fourth-order valence-electron chi connectivity index (χ4n) is 3.21. The molecule has 0 aliphatic rings. The van der Waals surface area contributed by atoms with Crippen molar-refractivity contribution in [2.75, 3.05) is 17.7 Å². The van der Waals surface area contributed by atoms with Crippen molar-refractivity contribution in [2.24, 2.45) is 0 Å². The number of pyridine rings is 1. The van der Waals surface area contributed by atoms with Gasteiger partial charge in [0.05, 0.1) is 0 Å². The molecule has 0 unspecified atom stereocenters. The van der Waals surface area contributed by atoms with Gasteiger partial charge in [-0.25, -0.2) is 0 Å². The number of nitrogens with one attached hydrogen (secondary N) is 2. The van der Waals surface area contributed by atoms with Crippen molar-refractivity contribution in [1.82, 2.24) is 4.98 Å². The van der Waals surface area contributed by atoms with E-state index in [9.17, 15) is 4.79 Å². The van der Waals surface area contributed by atoms with Crippen LogP contribution in [0.4, 0.5) is 11.4 Å². The zero-order chi connectivity index (χ0) is 22.0. The van der Waals surface area contributed by atoms with Crippen molar-refractivity contribution in [2.45, 2.75) is 13.8 Å². The van der Waals surface area contributed by atoms with Crippen LogP contribution in [0.5, 0.6) is 5.75 Å². The minimum absolute atomic E-state index is 0.177. The third-order valence-corrected chi connectivity index (χ3v) is 6.00. The van der Waals surface area contributed by atoms with Crippen LogP contribution >= 0.6 is 11.3 Å². The Balaban J connectivity index is 1.46. The Morgan fingerprint density at radius 2 is 1.77 bits per heavy atom. The molecule has 5 nitrogen and oxygen atoms in total. The Bertz CT molecular complexity index is 1300. The standard InChI is InChI=1S/C24H21BN3O2S/c1-14-12-18(30-3)7-9-19(14)28-23(25)21-10-11-22(31-21)24(29)27-17-6-8-20-16(13-17)5-4-15(2)26-20/h4-13,28H,1-3H3,(H,27,29). The second-order valence-corrected chi connectivity index (χ2v) is 8.28. The maximum atomic E-state index is 12.7. The first-order valence-electron chi connectivity index (χ1n) is 9.76. The zero-order valence-corrected chi connectivity index (χ0v) is 18.3. The van der Waals surface area contributed by atoms with Crippen LogP contribution in [0, 0.1) is 13.8 Å². The number of aryl methyl sites for hydroxylation is 2. The van der Waals surface area contributed by atoms with Crippen molar-refractivity contribution in [3.63, 3.8) is 0 Å². The van der Waals surface area contributed by atoms with Crippen LogP contribution in [0.3, 0.4) is 0 Å². The van der Waals surface area contributed by atoms with Gasteiger partial charge in [-0.3, -0.25) is 0 Å². The molecule has 7 heteroatoms. The normalized spacial score (nSPS) is 10.6. The Hall–Kier alpha value is -3.45. The van der Waals surface area contributed by atoms with Crippen molar-refractivity contribution in [1.29, 1.82) is 0 Å². The topological polar surface area (TPSA) is 63.2 Å². The van der Waals surface area contributed by atoms with Gasteiger partial charge in [0.1, 0.15) is 0 Å². The number of nitrogens with zero attached hydrogens (tertiary/aromatic N) is 1. The van der Waals surface area contributed by atoms with Gasteiger partial charge in [-0.1, -0.05) is 0 Å². The van der Waals surface area contributed by atoms with Gasteiger partial charge in [-0.15, -0.1) is 0 Å². The second-order valence-electron chi connectivity index (χ2n) is 7.20. The molecule has 2 aromatic carbocycles. The number of benzene rings is 2. The first-order chi connectivity index (χ1) is 14.9. The third-order valence-electron chi connectivity index (χ3n) is 4.88. The summed E-state index contributed by atoms with van der Waals surface area (Å²) in [6.07, 6.45) is 0. The van der Waals surface area contributed by atoms with Gasteiger partial charge in [0.25, 0.3) is 0 Å². The van der Waals surface area contributed by atoms with Gasteiger partial charge < -0.3 is 0 Å². The zero-order valence-electron chi connectivity index (χ0n) is 17.5. The Labute approximate surface area is 186 Å². The molecule has 1 radical (unpaired) electrons. The van der Waals surface area contributed by atoms with Gasteiger partial charge in [-0.2, -0.15) is 0 Å². The molecule has 0 aliphatic carbocycles. The number of thiophene rings is 1. The van der Waals surface area contributed by atoms with E-state index in [-0.39, 0.29) is 5.91 Å². The summed E-state index contributed by atoms with van der Waals surface area (Å²) in [6.45, 7) is 3.93. The van der Waals surface area contributed by atoms with E-state index in [1.165, 1.54) is 11.3 Å². The molecule has 0 spiro atoms. The van der Waals surface area contributed by atoms with Crippen LogP contribution in [0.1, 0.15) is 25.8 Å². The van der Waals surface area contributed by atoms with Gasteiger partial charge >= 0.3 is 179 Å². The predicted octanol–water partition coefficient (Wildman–Crippen LogP) is 4.93. The Kier molecular flexibility index (Phi) is 5.87. The van der Waals surface area contributed by atoms with Gasteiger partial charge in [0.2, 0.25) is 0 Å². The number of carbonyl (C=O) groups is 1. The van der Waals surface area contributed by atoms with Crippen LogP contribution in [-0.4, -0.2) is 31.1 Å². The van der Waals surface area contributed by atoms with Crippen molar-refractivity contribution in [3.8, 4) is 5.75 Å². The monoisotopic (exact) mass is 426 g/mol. The number of hydrogen-bond donors (Lipinski definition) is 2. The SMILES string of the molecule is [B]=C(Nc1ccc(OC)cc1C)c1ccc(C(=O)Nc2ccc3nc(C)ccc3c2)s1. The first kappa shape index (κ1) is 20.8. The molecule has 31 heavy (non-hydrogen) atoms. The minimum atomic E-state index is -0.177. The number of fused-ring (bicyclic) bond motifs is 1. The number of anilines is 2. The molecular formula is C24H21BN3O2S. The average Bonchev–Trinajstić information content (AvgIpc) is 3.26. The number of aromatic nitrogens is 1.